The topological polar surface area (TPSA) is 80.0 Å². The lowest BCUT2D eigenvalue weighted by molar-refractivity contribution is -0.116. The van der Waals surface area contributed by atoms with Crippen molar-refractivity contribution in [3.05, 3.63) is 41.5 Å². The van der Waals surface area contributed by atoms with Crippen LogP contribution in [0.3, 0.4) is 0 Å². The molecule has 0 radical (unpaired) electrons. The number of carbonyl (C=O) groups excluding carboxylic acids is 1. The van der Waals surface area contributed by atoms with Gasteiger partial charge in [-0.05, 0) is 24.2 Å². The van der Waals surface area contributed by atoms with E-state index in [9.17, 15) is 4.79 Å². The van der Waals surface area contributed by atoms with Gasteiger partial charge in [0.25, 0.3) is 0 Å². The van der Waals surface area contributed by atoms with E-state index < -0.39 is 0 Å². The summed E-state index contributed by atoms with van der Waals surface area (Å²) in [6.07, 6.45) is 0.764. The first-order valence-electron chi connectivity index (χ1n) is 8.00. The van der Waals surface area contributed by atoms with Crippen LogP contribution in [-0.4, -0.2) is 22.6 Å². The lowest BCUT2D eigenvalue weighted by atomic mass is 10.2. The standard InChI is InChI=1S/C17H24N4O2/c1-4-18-11-13-6-5-7-14(10-13)19-15(22)8-9-16-20-17(12(2)3)21-23-16/h5-7,10,12,18H,4,8-9,11H2,1-3H3,(H,19,22). The number of benzene rings is 1. The van der Waals surface area contributed by atoms with Crippen LogP contribution in [0, 0.1) is 0 Å². The molecule has 0 aliphatic rings. The van der Waals surface area contributed by atoms with Crippen LogP contribution < -0.4 is 10.6 Å². The van der Waals surface area contributed by atoms with Crippen molar-refractivity contribution in [2.24, 2.45) is 0 Å². The quantitative estimate of drug-likeness (QED) is 0.783. The van der Waals surface area contributed by atoms with Crippen molar-refractivity contribution in [3.8, 4) is 0 Å². The number of hydrogen-bond donors (Lipinski definition) is 2. The second-order valence-corrected chi connectivity index (χ2v) is 5.73. The van der Waals surface area contributed by atoms with Crippen LogP contribution in [-0.2, 0) is 17.8 Å². The van der Waals surface area contributed by atoms with Crippen molar-refractivity contribution in [2.75, 3.05) is 11.9 Å². The molecule has 6 nitrogen and oxygen atoms in total. The van der Waals surface area contributed by atoms with E-state index in [1.165, 1.54) is 0 Å². The average molecular weight is 316 g/mol. The molecule has 2 rings (SSSR count). The molecule has 0 atom stereocenters. The van der Waals surface area contributed by atoms with E-state index in [1.807, 2.05) is 38.1 Å². The highest BCUT2D eigenvalue weighted by molar-refractivity contribution is 5.90. The highest BCUT2D eigenvalue weighted by Crippen LogP contribution is 2.13. The van der Waals surface area contributed by atoms with Crippen LogP contribution in [0.15, 0.2) is 28.8 Å². The Hall–Kier alpha value is -2.21. The maximum atomic E-state index is 12.0. The molecule has 6 heteroatoms. The van der Waals surface area contributed by atoms with E-state index in [4.69, 9.17) is 4.52 Å². The third kappa shape index (κ3) is 5.49. The maximum absolute atomic E-state index is 12.0. The second-order valence-electron chi connectivity index (χ2n) is 5.73. The molecule has 0 spiro atoms. The lowest BCUT2D eigenvalue weighted by Gasteiger charge is -2.07. The van der Waals surface area contributed by atoms with Gasteiger partial charge in [-0.15, -0.1) is 0 Å². The summed E-state index contributed by atoms with van der Waals surface area (Å²) in [6, 6.07) is 7.83. The number of amides is 1. The number of rotatable bonds is 8. The molecular weight excluding hydrogens is 292 g/mol. The van der Waals surface area contributed by atoms with E-state index in [-0.39, 0.29) is 11.8 Å². The van der Waals surface area contributed by atoms with Gasteiger partial charge in [-0.2, -0.15) is 4.98 Å². The van der Waals surface area contributed by atoms with Crippen LogP contribution in [0.4, 0.5) is 5.69 Å². The van der Waals surface area contributed by atoms with E-state index in [2.05, 4.69) is 27.7 Å². The predicted octanol–water partition coefficient (Wildman–Crippen LogP) is 2.87. The molecule has 1 heterocycles. The Morgan fingerprint density at radius 1 is 1.35 bits per heavy atom. The van der Waals surface area contributed by atoms with E-state index in [1.54, 1.807) is 0 Å². The molecule has 0 aliphatic heterocycles. The third-order valence-corrected chi connectivity index (χ3v) is 3.36. The van der Waals surface area contributed by atoms with Crippen molar-refractivity contribution in [3.63, 3.8) is 0 Å². The number of aryl methyl sites for hydroxylation is 1. The van der Waals surface area contributed by atoms with Crippen molar-refractivity contribution in [1.82, 2.24) is 15.5 Å². The Labute approximate surface area is 136 Å². The number of carbonyl (C=O) groups is 1. The van der Waals surface area contributed by atoms with Gasteiger partial charge in [0, 0.05) is 31.0 Å². The molecule has 1 aromatic carbocycles. The lowest BCUT2D eigenvalue weighted by Crippen LogP contribution is -2.14. The number of aromatic nitrogens is 2. The summed E-state index contributed by atoms with van der Waals surface area (Å²) in [6.45, 7) is 7.77. The van der Waals surface area contributed by atoms with Crippen LogP contribution in [0.25, 0.3) is 0 Å². The minimum atomic E-state index is -0.0603. The summed E-state index contributed by atoms with van der Waals surface area (Å²) < 4.78 is 5.14. The zero-order valence-electron chi connectivity index (χ0n) is 13.9. The summed E-state index contributed by atoms with van der Waals surface area (Å²) >= 11 is 0. The van der Waals surface area contributed by atoms with Crippen LogP contribution in [0.5, 0.6) is 0 Å². The molecule has 0 saturated carbocycles. The SMILES string of the molecule is CCNCc1cccc(NC(=O)CCc2nc(C(C)C)no2)c1. The van der Waals surface area contributed by atoms with Crippen molar-refractivity contribution in [1.29, 1.82) is 0 Å². The molecule has 2 N–H and O–H groups in total. The van der Waals surface area contributed by atoms with Gasteiger partial charge in [0.1, 0.15) is 0 Å². The fraction of sp³-hybridized carbons (Fsp3) is 0.471. The summed E-state index contributed by atoms with van der Waals surface area (Å²) in [5.41, 5.74) is 1.95. The first-order valence-corrected chi connectivity index (χ1v) is 8.00. The van der Waals surface area contributed by atoms with E-state index >= 15 is 0 Å². The van der Waals surface area contributed by atoms with Crippen LogP contribution >= 0.6 is 0 Å². The van der Waals surface area contributed by atoms with Crippen molar-refractivity contribution in [2.45, 2.75) is 46.1 Å². The van der Waals surface area contributed by atoms with Crippen molar-refractivity contribution < 1.29 is 9.32 Å². The Balaban J connectivity index is 1.84. The van der Waals surface area contributed by atoms with Gasteiger partial charge in [0.05, 0.1) is 0 Å². The number of nitrogens with one attached hydrogen (secondary N) is 2. The smallest absolute Gasteiger partial charge is 0.227 e. The van der Waals surface area contributed by atoms with Gasteiger partial charge in [-0.3, -0.25) is 4.79 Å². The fourth-order valence-corrected chi connectivity index (χ4v) is 2.08. The molecule has 2 aromatic rings. The highest BCUT2D eigenvalue weighted by Gasteiger charge is 2.11. The maximum Gasteiger partial charge on any atom is 0.227 e. The monoisotopic (exact) mass is 316 g/mol. The molecule has 0 saturated heterocycles. The molecule has 1 aromatic heterocycles. The largest absolute Gasteiger partial charge is 0.339 e. The van der Waals surface area contributed by atoms with Crippen molar-refractivity contribution >= 4 is 11.6 Å². The van der Waals surface area contributed by atoms with Gasteiger partial charge in [0.15, 0.2) is 5.82 Å². The molecule has 0 unspecified atom stereocenters. The van der Waals surface area contributed by atoms with Gasteiger partial charge in [-0.1, -0.05) is 38.1 Å². The Kier molecular flexibility index (Phi) is 6.29. The Bertz CT molecular complexity index is 637. The number of nitrogens with zero attached hydrogens (tertiary/aromatic N) is 2. The van der Waals surface area contributed by atoms with Crippen LogP contribution in [0.2, 0.25) is 0 Å². The summed E-state index contributed by atoms with van der Waals surface area (Å²) in [4.78, 5) is 16.3. The minimum absolute atomic E-state index is 0.0603. The third-order valence-electron chi connectivity index (χ3n) is 3.36. The summed E-state index contributed by atoms with van der Waals surface area (Å²) in [5, 5.41) is 10.1. The number of hydrogen-bond acceptors (Lipinski definition) is 5. The fourth-order valence-electron chi connectivity index (χ4n) is 2.08. The normalized spacial score (nSPS) is 11.0. The van der Waals surface area contributed by atoms with Gasteiger partial charge in [0.2, 0.25) is 11.8 Å². The zero-order valence-corrected chi connectivity index (χ0v) is 13.9. The summed E-state index contributed by atoms with van der Waals surface area (Å²) in [5.74, 6) is 1.34. The highest BCUT2D eigenvalue weighted by atomic mass is 16.5. The molecule has 124 valence electrons. The van der Waals surface area contributed by atoms with E-state index in [0.717, 1.165) is 24.3 Å². The molecule has 0 fully saturated rings. The van der Waals surface area contributed by atoms with Gasteiger partial charge < -0.3 is 15.2 Å². The first-order chi connectivity index (χ1) is 11.1. The number of anilines is 1. The molecule has 0 bridgehead atoms. The predicted molar refractivity (Wildman–Crippen MR) is 89.2 cm³/mol. The van der Waals surface area contributed by atoms with Gasteiger partial charge >= 0.3 is 0 Å². The van der Waals surface area contributed by atoms with E-state index in [0.29, 0.717) is 24.6 Å². The Morgan fingerprint density at radius 3 is 2.87 bits per heavy atom. The van der Waals surface area contributed by atoms with Crippen LogP contribution in [0.1, 0.15) is 50.4 Å². The summed E-state index contributed by atoms with van der Waals surface area (Å²) in [7, 11) is 0. The zero-order chi connectivity index (χ0) is 16.7. The molecule has 23 heavy (non-hydrogen) atoms. The molecule has 1 amide bonds. The van der Waals surface area contributed by atoms with Gasteiger partial charge in [-0.25, -0.2) is 0 Å². The minimum Gasteiger partial charge on any atom is -0.339 e. The second kappa shape index (κ2) is 8.43. The molecular formula is C17H24N4O2. The average Bonchev–Trinajstić information content (AvgIpc) is 3.00. The first kappa shape index (κ1) is 17.1. The Morgan fingerprint density at radius 2 is 2.17 bits per heavy atom. The molecule has 0 aliphatic carbocycles.